The highest BCUT2D eigenvalue weighted by Crippen LogP contribution is 2.11. The van der Waals surface area contributed by atoms with Crippen molar-refractivity contribution in [3.8, 4) is 0 Å². The summed E-state index contributed by atoms with van der Waals surface area (Å²) < 4.78 is 0. The number of anilines is 1. The standard InChI is InChI=1S/C19H22ClN3O2/c1-3-13(2)22-18(24)15-6-10-17(11-7-15)23-19(25)21-12-14-4-8-16(20)9-5-14/h4-11,13H,3,12H2,1-2H3,(H,22,24)(H2,21,23,25). The van der Waals surface area contributed by atoms with Crippen LogP contribution in [-0.2, 0) is 6.54 Å². The van der Waals surface area contributed by atoms with E-state index < -0.39 is 0 Å². The van der Waals surface area contributed by atoms with Crippen LogP contribution >= 0.6 is 11.6 Å². The van der Waals surface area contributed by atoms with Crippen molar-refractivity contribution in [1.29, 1.82) is 0 Å². The van der Waals surface area contributed by atoms with Crippen LogP contribution in [0.2, 0.25) is 5.02 Å². The molecule has 1 unspecified atom stereocenters. The van der Waals surface area contributed by atoms with Crippen molar-refractivity contribution in [3.63, 3.8) is 0 Å². The number of urea groups is 1. The SMILES string of the molecule is CCC(C)NC(=O)c1ccc(NC(=O)NCc2ccc(Cl)cc2)cc1. The van der Waals surface area contributed by atoms with E-state index >= 15 is 0 Å². The fourth-order valence-electron chi connectivity index (χ4n) is 2.07. The first-order chi connectivity index (χ1) is 12.0. The molecule has 0 saturated heterocycles. The van der Waals surface area contributed by atoms with Crippen molar-refractivity contribution in [2.45, 2.75) is 32.9 Å². The van der Waals surface area contributed by atoms with Crippen LogP contribution in [0.15, 0.2) is 48.5 Å². The molecule has 3 amide bonds. The van der Waals surface area contributed by atoms with Gasteiger partial charge in [-0.2, -0.15) is 0 Å². The maximum Gasteiger partial charge on any atom is 0.319 e. The highest BCUT2D eigenvalue weighted by molar-refractivity contribution is 6.30. The molecule has 0 aromatic heterocycles. The van der Waals surface area contributed by atoms with Crippen LogP contribution in [0.5, 0.6) is 0 Å². The first-order valence-corrected chi connectivity index (χ1v) is 8.56. The zero-order chi connectivity index (χ0) is 18.2. The van der Waals surface area contributed by atoms with Crippen LogP contribution in [0.3, 0.4) is 0 Å². The third-order valence-electron chi connectivity index (χ3n) is 3.76. The van der Waals surface area contributed by atoms with Gasteiger partial charge in [0, 0.05) is 28.9 Å². The second kappa shape index (κ2) is 9.08. The van der Waals surface area contributed by atoms with E-state index in [2.05, 4.69) is 16.0 Å². The summed E-state index contributed by atoms with van der Waals surface area (Å²) in [5.41, 5.74) is 2.14. The largest absolute Gasteiger partial charge is 0.350 e. The Morgan fingerprint density at radius 2 is 1.68 bits per heavy atom. The Balaban J connectivity index is 1.84. The van der Waals surface area contributed by atoms with E-state index in [1.54, 1.807) is 36.4 Å². The van der Waals surface area contributed by atoms with Crippen molar-refractivity contribution >= 4 is 29.2 Å². The Morgan fingerprint density at radius 3 is 2.28 bits per heavy atom. The van der Waals surface area contributed by atoms with Gasteiger partial charge in [-0.25, -0.2) is 4.79 Å². The normalized spacial score (nSPS) is 11.5. The van der Waals surface area contributed by atoms with Gasteiger partial charge >= 0.3 is 6.03 Å². The molecule has 0 aliphatic rings. The summed E-state index contributed by atoms with van der Waals surface area (Å²) in [4.78, 5) is 23.9. The third kappa shape index (κ3) is 6.12. The number of carbonyl (C=O) groups excluding carboxylic acids is 2. The Hall–Kier alpha value is -2.53. The maximum absolute atomic E-state index is 12.0. The van der Waals surface area contributed by atoms with E-state index in [9.17, 15) is 9.59 Å². The minimum Gasteiger partial charge on any atom is -0.350 e. The van der Waals surface area contributed by atoms with E-state index in [0.29, 0.717) is 22.8 Å². The number of carbonyl (C=O) groups is 2. The minimum absolute atomic E-state index is 0.118. The zero-order valence-corrected chi connectivity index (χ0v) is 15.1. The lowest BCUT2D eigenvalue weighted by Gasteiger charge is -2.12. The summed E-state index contributed by atoms with van der Waals surface area (Å²) >= 11 is 5.82. The first-order valence-electron chi connectivity index (χ1n) is 8.18. The second-order valence-electron chi connectivity index (χ2n) is 5.79. The van der Waals surface area contributed by atoms with Crippen molar-refractivity contribution < 1.29 is 9.59 Å². The van der Waals surface area contributed by atoms with Gasteiger partial charge in [-0.3, -0.25) is 4.79 Å². The van der Waals surface area contributed by atoms with E-state index in [0.717, 1.165) is 12.0 Å². The van der Waals surface area contributed by atoms with E-state index in [4.69, 9.17) is 11.6 Å². The third-order valence-corrected chi connectivity index (χ3v) is 4.01. The predicted octanol–water partition coefficient (Wildman–Crippen LogP) is 4.19. The first kappa shape index (κ1) is 18.8. The summed E-state index contributed by atoms with van der Waals surface area (Å²) in [6.07, 6.45) is 0.874. The highest BCUT2D eigenvalue weighted by atomic mass is 35.5. The molecule has 0 radical (unpaired) electrons. The molecule has 0 aliphatic heterocycles. The monoisotopic (exact) mass is 359 g/mol. The highest BCUT2D eigenvalue weighted by Gasteiger charge is 2.09. The molecule has 0 spiro atoms. The molecule has 2 rings (SSSR count). The van der Waals surface area contributed by atoms with E-state index in [-0.39, 0.29) is 18.0 Å². The molecule has 0 fully saturated rings. The lowest BCUT2D eigenvalue weighted by molar-refractivity contribution is 0.0939. The predicted molar refractivity (Wildman–Crippen MR) is 101 cm³/mol. The fourth-order valence-corrected chi connectivity index (χ4v) is 2.20. The molecule has 132 valence electrons. The molecule has 3 N–H and O–H groups in total. The molecule has 0 bridgehead atoms. The van der Waals surface area contributed by atoms with Gasteiger partial charge in [0.25, 0.3) is 5.91 Å². The molecule has 2 aromatic carbocycles. The smallest absolute Gasteiger partial charge is 0.319 e. The lowest BCUT2D eigenvalue weighted by atomic mass is 10.1. The number of hydrogen-bond acceptors (Lipinski definition) is 2. The van der Waals surface area contributed by atoms with Crippen LogP contribution in [0, 0.1) is 0 Å². The van der Waals surface area contributed by atoms with Gasteiger partial charge in [0.2, 0.25) is 0 Å². The summed E-state index contributed by atoms with van der Waals surface area (Å²) in [6.45, 7) is 4.37. The van der Waals surface area contributed by atoms with Crippen molar-refractivity contribution in [1.82, 2.24) is 10.6 Å². The number of halogens is 1. The van der Waals surface area contributed by atoms with Gasteiger partial charge < -0.3 is 16.0 Å². The fraction of sp³-hybridized carbons (Fsp3) is 0.263. The average Bonchev–Trinajstić information content (AvgIpc) is 2.61. The summed E-state index contributed by atoms with van der Waals surface area (Å²) in [7, 11) is 0. The van der Waals surface area contributed by atoms with Gasteiger partial charge in [0.1, 0.15) is 0 Å². The summed E-state index contributed by atoms with van der Waals surface area (Å²) in [5.74, 6) is -0.118. The second-order valence-corrected chi connectivity index (χ2v) is 6.23. The van der Waals surface area contributed by atoms with E-state index in [1.807, 2.05) is 26.0 Å². The molecule has 6 heteroatoms. The van der Waals surface area contributed by atoms with Gasteiger partial charge in [0.15, 0.2) is 0 Å². The summed E-state index contributed by atoms with van der Waals surface area (Å²) in [6, 6.07) is 13.9. The quantitative estimate of drug-likeness (QED) is 0.723. The van der Waals surface area contributed by atoms with Gasteiger partial charge in [-0.15, -0.1) is 0 Å². The van der Waals surface area contributed by atoms with Crippen molar-refractivity contribution in [2.24, 2.45) is 0 Å². The molecular weight excluding hydrogens is 338 g/mol. The van der Waals surface area contributed by atoms with Crippen LogP contribution in [0.25, 0.3) is 0 Å². The molecule has 0 heterocycles. The topological polar surface area (TPSA) is 70.2 Å². The molecule has 5 nitrogen and oxygen atoms in total. The molecule has 2 aromatic rings. The lowest BCUT2D eigenvalue weighted by Crippen LogP contribution is -2.32. The minimum atomic E-state index is -0.313. The number of rotatable bonds is 6. The molecular formula is C19H22ClN3O2. The number of nitrogens with one attached hydrogen (secondary N) is 3. The van der Waals surface area contributed by atoms with Crippen LogP contribution in [0.1, 0.15) is 36.2 Å². The zero-order valence-electron chi connectivity index (χ0n) is 14.3. The van der Waals surface area contributed by atoms with Crippen molar-refractivity contribution in [3.05, 3.63) is 64.7 Å². The maximum atomic E-state index is 12.0. The molecule has 0 aliphatic carbocycles. The Morgan fingerprint density at radius 1 is 1.04 bits per heavy atom. The molecule has 0 saturated carbocycles. The van der Waals surface area contributed by atoms with Gasteiger partial charge in [-0.1, -0.05) is 30.7 Å². The van der Waals surface area contributed by atoms with Crippen molar-refractivity contribution in [2.75, 3.05) is 5.32 Å². The Kier molecular flexibility index (Phi) is 6.83. The molecule has 25 heavy (non-hydrogen) atoms. The van der Waals surface area contributed by atoms with Gasteiger partial charge in [0.05, 0.1) is 0 Å². The number of hydrogen-bond donors (Lipinski definition) is 3. The van der Waals surface area contributed by atoms with Crippen LogP contribution < -0.4 is 16.0 Å². The number of amides is 3. The summed E-state index contributed by atoms with van der Waals surface area (Å²) in [5, 5.41) is 9.06. The van der Waals surface area contributed by atoms with Crippen LogP contribution in [0.4, 0.5) is 10.5 Å². The van der Waals surface area contributed by atoms with Gasteiger partial charge in [-0.05, 0) is 55.3 Å². The Bertz CT molecular complexity index is 714. The average molecular weight is 360 g/mol. The van der Waals surface area contributed by atoms with E-state index in [1.165, 1.54) is 0 Å². The number of benzene rings is 2. The Labute approximate surface area is 152 Å². The van der Waals surface area contributed by atoms with Crippen LogP contribution in [-0.4, -0.2) is 18.0 Å². The molecule has 1 atom stereocenters.